The zero-order valence-corrected chi connectivity index (χ0v) is 17.3. The lowest BCUT2D eigenvalue weighted by Crippen LogP contribution is -2.64. The molecule has 4 aliphatic rings. The molecule has 3 aliphatic heterocycles. The monoisotopic (exact) mass is 396 g/mol. The number of nitrogens with zero attached hydrogens (tertiary/aromatic N) is 1. The van der Waals surface area contributed by atoms with Gasteiger partial charge in [0.1, 0.15) is 6.10 Å². The molecule has 4 unspecified atom stereocenters. The number of carbonyl (C=O) groups is 2. The number of nitrogens with one attached hydrogen (secondary N) is 1. The third-order valence-electron chi connectivity index (χ3n) is 7.76. The Hall–Kier alpha value is -2.34. The van der Waals surface area contributed by atoms with Gasteiger partial charge < -0.3 is 14.8 Å². The SMILES string of the molecule is COC(=O)C1=C2Nc3ccccc3C23CCN2CCCC(C(C)OC(C)=O)(C1)C23. The Morgan fingerprint density at radius 1 is 1.24 bits per heavy atom. The van der Waals surface area contributed by atoms with Crippen LogP contribution in [0, 0.1) is 5.41 Å². The number of hydrogen-bond acceptors (Lipinski definition) is 6. The maximum absolute atomic E-state index is 13.0. The summed E-state index contributed by atoms with van der Waals surface area (Å²) in [4.78, 5) is 27.4. The number of anilines is 1. The lowest BCUT2D eigenvalue weighted by molar-refractivity contribution is -0.161. The highest BCUT2D eigenvalue weighted by molar-refractivity contribution is 5.93. The number of hydrogen-bond donors (Lipinski definition) is 1. The molecule has 6 nitrogen and oxygen atoms in total. The van der Waals surface area contributed by atoms with Crippen LogP contribution < -0.4 is 5.32 Å². The summed E-state index contributed by atoms with van der Waals surface area (Å²) in [6.07, 6.45) is 3.20. The molecule has 0 radical (unpaired) electrons. The molecular formula is C23H28N2O4. The summed E-state index contributed by atoms with van der Waals surface area (Å²) in [6.45, 7) is 5.50. The van der Waals surface area contributed by atoms with Gasteiger partial charge in [-0.2, -0.15) is 0 Å². The number of para-hydroxylation sites is 1. The molecule has 1 aromatic rings. The van der Waals surface area contributed by atoms with Crippen LogP contribution in [0.5, 0.6) is 0 Å². The second kappa shape index (κ2) is 6.33. The average molecular weight is 396 g/mol. The summed E-state index contributed by atoms with van der Waals surface area (Å²) in [7, 11) is 1.45. The summed E-state index contributed by atoms with van der Waals surface area (Å²) >= 11 is 0. The highest BCUT2D eigenvalue weighted by atomic mass is 16.5. The molecule has 1 N–H and O–H groups in total. The summed E-state index contributed by atoms with van der Waals surface area (Å²) in [5.41, 5.74) is 3.45. The Bertz CT molecular complexity index is 925. The molecule has 2 fully saturated rings. The fourth-order valence-corrected chi connectivity index (χ4v) is 6.83. The molecule has 0 saturated carbocycles. The molecule has 0 amide bonds. The predicted octanol–water partition coefficient (Wildman–Crippen LogP) is 2.99. The minimum absolute atomic E-state index is 0.192. The van der Waals surface area contributed by atoms with E-state index in [0.717, 1.165) is 43.7 Å². The number of esters is 2. The first-order valence-corrected chi connectivity index (χ1v) is 10.5. The third-order valence-corrected chi connectivity index (χ3v) is 7.76. The third kappa shape index (κ3) is 2.32. The number of fused-ring (bicyclic) bond motifs is 1. The summed E-state index contributed by atoms with van der Waals surface area (Å²) in [5.74, 6) is -0.549. The number of benzene rings is 1. The van der Waals surface area contributed by atoms with Gasteiger partial charge in [0.2, 0.25) is 0 Å². The van der Waals surface area contributed by atoms with Crippen molar-refractivity contribution in [2.45, 2.75) is 57.1 Å². The minimum Gasteiger partial charge on any atom is -0.466 e. The topological polar surface area (TPSA) is 67.9 Å². The van der Waals surface area contributed by atoms with Crippen molar-refractivity contribution >= 4 is 17.6 Å². The van der Waals surface area contributed by atoms with Crippen molar-refractivity contribution in [1.82, 2.24) is 4.90 Å². The number of piperidine rings is 1. The van der Waals surface area contributed by atoms with Gasteiger partial charge in [0.15, 0.2) is 0 Å². The van der Waals surface area contributed by atoms with E-state index in [1.807, 2.05) is 13.0 Å². The van der Waals surface area contributed by atoms with Crippen molar-refractivity contribution in [3.05, 3.63) is 41.1 Å². The first kappa shape index (κ1) is 18.7. The van der Waals surface area contributed by atoms with E-state index in [4.69, 9.17) is 9.47 Å². The van der Waals surface area contributed by atoms with Crippen LogP contribution >= 0.6 is 0 Å². The van der Waals surface area contributed by atoms with Gasteiger partial charge in [-0.1, -0.05) is 18.2 Å². The molecule has 1 aromatic carbocycles. The van der Waals surface area contributed by atoms with Crippen LogP contribution in [0.2, 0.25) is 0 Å². The lowest BCUT2D eigenvalue weighted by atomic mass is 9.53. The van der Waals surface area contributed by atoms with Crippen molar-refractivity contribution in [3.8, 4) is 0 Å². The molecular weight excluding hydrogens is 368 g/mol. The predicted molar refractivity (Wildman–Crippen MR) is 108 cm³/mol. The molecule has 3 heterocycles. The van der Waals surface area contributed by atoms with Gasteiger partial charge in [0.25, 0.3) is 0 Å². The van der Waals surface area contributed by atoms with Crippen LogP contribution in [0.4, 0.5) is 5.69 Å². The highest BCUT2D eigenvalue weighted by Crippen LogP contribution is 2.65. The van der Waals surface area contributed by atoms with Crippen molar-refractivity contribution in [2.24, 2.45) is 5.41 Å². The Kier molecular flexibility index (Phi) is 4.07. The largest absolute Gasteiger partial charge is 0.466 e. The summed E-state index contributed by atoms with van der Waals surface area (Å²) in [5, 5.41) is 3.59. The number of carbonyl (C=O) groups excluding carboxylic acids is 2. The minimum atomic E-state index is -0.313. The first-order valence-electron chi connectivity index (χ1n) is 10.5. The second-order valence-electron chi connectivity index (χ2n) is 8.94. The molecule has 0 bridgehead atoms. The van der Waals surface area contributed by atoms with E-state index in [2.05, 4.69) is 28.4 Å². The highest BCUT2D eigenvalue weighted by Gasteiger charge is 2.68. The zero-order valence-electron chi connectivity index (χ0n) is 17.3. The van der Waals surface area contributed by atoms with Crippen molar-refractivity contribution < 1.29 is 19.1 Å². The van der Waals surface area contributed by atoms with E-state index in [9.17, 15) is 9.59 Å². The standard InChI is InChI=1S/C23H28N2O4/c1-14(29-15(2)26)22-9-6-11-25-12-10-23(21(22)25)17-7-4-5-8-18(17)24-19(23)16(13-22)20(27)28-3/h4-5,7-8,14,21,24H,6,9-13H2,1-3H3. The lowest BCUT2D eigenvalue weighted by Gasteiger charge is -2.57. The van der Waals surface area contributed by atoms with Gasteiger partial charge in [0, 0.05) is 29.8 Å². The van der Waals surface area contributed by atoms with E-state index in [1.54, 1.807) is 0 Å². The number of rotatable bonds is 3. The van der Waals surface area contributed by atoms with E-state index in [1.165, 1.54) is 19.6 Å². The van der Waals surface area contributed by atoms with Crippen molar-refractivity contribution in [1.29, 1.82) is 0 Å². The second-order valence-corrected chi connectivity index (χ2v) is 8.94. The Morgan fingerprint density at radius 2 is 2.03 bits per heavy atom. The molecule has 0 aromatic heterocycles. The molecule has 29 heavy (non-hydrogen) atoms. The quantitative estimate of drug-likeness (QED) is 0.793. The summed E-state index contributed by atoms with van der Waals surface area (Å²) < 4.78 is 11.0. The smallest absolute Gasteiger partial charge is 0.335 e. The molecule has 1 spiro atoms. The normalized spacial score (nSPS) is 33.3. The van der Waals surface area contributed by atoms with Crippen LogP contribution in [0.15, 0.2) is 35.5 Å². The van der Waals surface area contributed by atoms with Gasteiger partial charge >= 0.3 is 11.9 Å². The summed E-state index contributed by atoms with van der Waals surface area (Å²) in [6, 6.07) is 8.58. The van der Waals surface area contributed by atoms with Crippen LogP contribution in [0.1, 0.15) is 45.1 Å². The van der Waals surface area contributed by atoms with Gasteiger partial charge in [0.05, 0.1) is 18.1 Å². The fraction of sp³-hybridized carbons (Fsp3) is 0.565. The van der Waals surface area contributed by atoms with E-state index in [0.29, 0.717) is 12.0 Å². The molecule has 154 valence electrons. The Morgan fingerprint density at radius 3 is 2.79 bits per heavy atom. The average Bonchev–Trinajstić information content (AvgIpc) is 3.27. The van der Waals surface area contributed by atoms with Crippen LogP contribution in [0.3, 0.4) is 0 Å². The van der Waals surface area contributed by atoms with Gasteiger partial charge in [-0.3, -0.25) is 9.69 Å². The van der Waals surface area contributed by atoms with Crippen molar-refractivity contribution in [2.75, 3.05) is 25.5 Å². The van der Waals surface area contributed by atoms with Crippen LogP contribution in [-0.4, -0.2) is 49.2 Å². The van der Waals surface area contributed by atoms with E-state index >= 15 is 0 Å². The van der Waals surface area contributed by atoms with Gasteiger partial charge in [-0.05, 0) is 57.3 Å². The zero-order chi connectivity index (χ0) is 20.4. The number of methoxy groups -OCH3 is 1. The van der Waals surface area contributed by atoms with E-state index in [-0.39, 0.29) is 34.9 Å². The first-order chi connectivity index (χ1) is 13.9. The molecule has 1 aliphatic carbocycles. The van der Waals surface area contributed by atoms with E-state index < -0.39 is 0 Å². The maximum atomic E-state index is 13.0. The molecule has 5 rings (SSSR count). The Labute approximate surface area is 171 Å². The molecule has 4 atom stereocenters. The van der Waals surface area contributed by atoms with Crippen molar-refractivity contribution in [3.63, 3.8) is 0 Å². The number of ether oxygens (including phenoxy) is 2. The van der Waals surface area contributed by atoms with Crippen LogP contribution in [-0.2, 0) is 24.5 Å². The van der Waals surface area contributed by atoms with Gasteiger partial charge in [-0.15, -0.1) is 0 Å². The molecule has 6 heteroatoms. The maximum Gasteiger partial charge on any atom is 0.335 e. The van der Waals surface area contributed by atoms with Gasteiger partial charge in [-0.25, -0.2) is 4.79 Å². The molecule has 2 saturated heterocycles. The fourth-order valence-electron chi connectivity index (χ4n) is 6.83. The van der Waals surface area contributed by atoms with Crippen LogP contribution in [0.25, 0.3) is 0 Å². The Balaban J connectivity index is 1.77.